The standard InChI is InChI=1S/C10H17F6NOSi/c1-19(2,18-6-7-4-3-5-17-7)8(9(11,12)13)10(14,15)16/h7-8,17H,3-6H2,1-2H3/t7-/m0/s1. The van der Waals surface area contributed by atoms with Gasteiger partial charge in [0, 0.05) is 12.6 Å². The Morgan fingerprint density at radius 2 is 1.68 bits per heavy atom. The molecule has 9 heteroatoms. The van der Waals surface area contributed by atoms with E-state index in [1.165, 1.54) is 0 Å². The summed E-state index contributed by atoms with van der Waals surface area (Å²) in [6, 6.07) is -0.145. The molecule has 0 unspecified atom stereocenters. The van der Waals surface area contributed by atoms with E-state index in [0.717, 1.165) is 26.1 Å². The van der Waals surface area contributed by atoms with Crippen molar-refractivity contribution in [2.45, 2.75) is 49.9 Å². The molecule has 114 valence electrons. The molecule has 1 aliphatic heterocycles. The van der Waals surface area contributed by atoms with Gasteiger partial charge in [-0.05, 0) is 32.5 Å². The average molecular weight is 309 g/mol. The maximum atomic E-state index is 12.6. The summed E-state index contributed by atoms with van der Waals surface area (Å²) in [6.45, 7) is 2.56. The molecule has 1 rings (SSSR count). The molecule has 1 fully saturated rings. The van der Waals surface area contributed by atoms with E-state index in [0.29, 0.717) is 6.42 Å². The first-order chi connectivity index (χ1) is 8.44. The van der Waals surface area contributed by atoms with E-state index in [4.69, 9.17) is 4.43 Å². The average Bonchev–Trinajstić information content (AvgIpc) is 2.60. The molecule has 0 spiro atoms. The second kappa shape index (κ2) is 5.61. The van der Waals surface area contributed by atoms with Crippen LogP contribution in [0.4, 0.5) is 26.3 Å². The van der Waals surface area contributed by atoms with E-state index in [9.17, 15) is 26.3 Å². The summed E-state index contributed by atoms with van der Waals surface area (Å²) in [6.07, 6.45) is -9.07. The van der Waals surface area contributed by atoms with E-state index in [1.54, 1.807) is 0 Å². The molecular formula is C10H17F6NOSi. The summed E-state index contributed by atoms with van der Waals surface area (Å²) in [5.74, 6) is 0. The Balaban J connectivity index is 2.75. The molecular weight excluding hydrogens is 292 g/mol. The van der Waals surface area contributed by atoms with E-state index < -0.39 is 26.2 Å². The van der Waals surface area contributed by atoms with Gasteiger partial charge in [0.1, 0.15) is 0 Å². The molecule has 0 saturated carbocycles. The highest BCUT2D eigenvalue weighted by atomic mass is 28.4. The Hall–Kier alpha value is -0.283. The number of halogens is 6. The third-order valence-corrected chi connectivity index (χ3v) is 6.12. The molecule has 1 atom stereocenters. The van der Waals surface area contributed by atoms with Crippen LogP contribution in [-0.2, 0) is 4.43 Å². The van der Waals surface area contributed by atoms with Gasteiger partial charge in [-0.2, -0.15) is 26.3 Å². The Kier molecular flexibility index (Phi) is 4.95. The van der Waals surface area contributed by atoms with Gasteiger partial charge in [-0.1, -0.05) is 0 Å². The van der Waals surface area contributed by atoms with Gasteiger partial charge >= 0.3 is 12.4 Å². The molecule has 0 aromatic rings. The van der Waals surface area contributed by atoms with Gasteiger partial charge in [0.25, 0.3) is 0 Å². The van der Waals surface area contributed by atoms with Gasteiger partial charge in [-0.25, -0.2) is 0 Å². The number of nitrogens with one attached hydrogen (secondary N) is 1. The predicted octanol–water partition coefficient (Wildman–Crippen LogP) is 3.45. The zero-order valence-corrected chi connectivity index (χ0v) is 11.7. The van der Waals surface area contributed by atoms with Crippen molar-refractivity contribution >= 4 is 8.32 Å². The lowest BCUT2D eigenvalue weighted by molar-refractivity contribution is -0.236. The normalized spacial score (nSPS) is 22.3. The van der Waals surface area contributed by atoms with Crippen molar-refractivity contribution in [3.63, 3.8) is 0 Å². The molecule has 0 amide bonds. The van der Waals surface area contributed by atoms with Crippen LogP contribution in [0.1, 0.15) is 12.8 Å². The smallest absolute Gasteiger partial charge is 0.400 e. The van der Waals surface area contributed by atoms with E-state index >= 15 is 0 Å². The first-order valence-electron chi connectivity index (χ1n) is 5.95. The molecule has 0 aromatic carbocycles. The van der Waals surface area contributed by atoms with Crippen molar-refractivity contribution in [1.82, 2.24) is 5.32 Å². The van der Waals surface area contributed by atoms with E-state index in [-0.39, 0.29) is 12.6 Å². The maximum absolute atomic E-state index is 12.6. The minimum Gasteiger partial charge on any atom is -0.415 e. The van der Waals surface area contributed by atoms with Gasteiger partial charge in [0.2, 0.25) is 8.32 Å². The van der Waals surface area contributed by atoms with Crippen LogP contribution in [0, 0.1) is 0 Å². The molecule has 0 bridgehead atoms. The summed E-state index contributed by atoms with van der Waals surface area (Å²) in [5.41, 5.74) is -3.35. The van der Waals surface area contributed by atoms with Crippen molar-refractivity contribution in [1.29, 1.82) is 0 Å². The first-order valence-corrected chi connectivity index (χ1v) is 8.94. The fourth-order valence-corrected chi connectivity index (χ4v) is 4.65. The van der Waals surface area contributed by atoms with E-state index in [1.807, 2.05) is 0 Å². The predicted molar refractivity (Wildman–Crippen MR) is 60.3 cm³/mol. The molecule has 0 radical (unpaired) electrons. The molecule has 1 aliphatic rings. The van der Waals surface area contributed by atoms with Crippen LogP contribution >= 0.6 is 0 Å². The van der Waals surface area contributed by atoms with Crippen LogP contribution in [0.15, 0.2) is 0 Å². The van der Waals surface area contributed by atoms with Crippen LogP contribution in [0.5, 0.6) is 0 Å². The van der Waals surface area contributed by atoms with Crippen molar-refractivity contribution in [3.05, 3.63) is 0 Å². The van der Waals surface area contributed by atoms with Crippen LogP contribution < -0.4 is 5.32 Å². The van der Waals surface area contributed by atoms with Gasteiger partial charge < -0.3 is 9.74 Å². The van der Waals surface area contributed by atoms with Gasteiger partial charge in [-0.15, -0.1) is 0 Å². The molecule has 1 saturated heterocycles. The number of hydrogen-bond donors (Lipinski definition) is 1. The molecule has 1 N–H and O–H groups in total. The fraction of sp³-hybridized carbons (Fsp3) is 1.00. The molecule has 0 aromatic heterocycles. The maximum Gasteiger partial charge on any atom is 0.400 e. The Morgan fingerprint density at radius 3 is 2.05 bits per heavy atom. The highest BCUT2D eigenvalue weighted by Crippen LogP contribution is 2.50. The third-order valence-electron chi connectivity index (χ3n) is 3.17. The van der Waals surface area contributed by atoms with Crippen LogP contribution in [0.3, 0.4) is 0 Å². The molecule has 0 aliphatic carbocycles. The van der Waals surface area contributed by atoms with Crippen LogP contribution in [0.2, 0.25) is 18.6 Å². The number of hydrogen-bond acceptors (Lipinski definition) is 2. The van der Waals surface area contributed by atoms with E-state index in [2.05, 4.69) is 5.32 Å². The van der Waals surface area contributed by atoms with Crippen molar-refractivity contribution in [2.24, 2.45) is 0 Å². The lowest BCUT2D eigenvalue weighted by Crippen LogP contribution is -2.52. The Bertz CT molecular complexity index is 283. The summed E-state index contributed by atoms with van der Waals surface area (Å²) in [5, 5.41) is 2.98. The Labute approximate surface area is 108 Å². The Morgan fingerprint density at radius 1 is 1.16 bits per heavy atom. The minimum atomic E-state index is -5.32. The molecule has 19 heavy (non-hydrogen) atoms. The minimum absolute atomic E-state index is 0.0954. The summed E-state index contributed by atoms with van der Waals surface area (Å²) < 4.78 is 80.9. The van der Waals surface area contributed by atoms with Crippen LogP contribution in [-0.4, -0.2) is 39.9 Å². The van der Waals surface area contributed by atoms with Crippen LogP contribution in [0.25, 0.3) is 0 Å². The largest absolute Gasteiger partial charge is 0.415 e. The second-order valence-electron chi connectivity index (χ2n) is 5.22. The van der Waals surface area contributed by atoms with Crippen molar-refractivity contribution in [2.75, 3.05) is 13.2 Å². The lowest BCUT2D eigenvalue weighted by atomic mass is 10.2. The summed E-state index contributed by atoms with van der Waals surface area (Å²) in [4.78, 5) is 0. The highest BCUT2D eigenvalue weighted by molar-refractivity contribution is 6.73. The lowest BCUT2D eigenvalue weighted by Gasteiger charge is -2.35. The zero-order chi connectivity index (χ0) is 14.9. The quantitative estimate of drug-likeness (QED) is 0.634. The van der Waals surface area contributed by atoms with Gasteiger partial charge in [0.05, 0.1) is 0 Å². The fourth-order valence-electron chi connectivity index (χ4n) is 2.27. The number of alkyl halides is 6. The van der Waals surface area contributed by atoms with Gasteiger partial charge in [-0.3, -0.25) is 0 Å². The van der Waals surface area contributed by atoms with Gasteiger partial charge in [0.15, 0.2) is 5.54 Å². The third kappa shape index (κ3) is 4.64. The van der Waals surface area contributed by atoms with Crippen molar-refractivity contribution < 1.29 is 30.8 Å². The monoisotopic (exact) mass is 309 g/mol. The highest BCUT2D eigenvalue weighted by Gasteiger charge is 2.65. The summed E-state index contributed by atoms with van der Waals surface area (Å²) >= 11 is 0. The number of rotatable bonds is 4. The SMILES string of the molecule is C[Si](C)(OC[C@@H]1CCCN1)C(C(F)(F)F)C(F)(F)F. The summed E-state index contributed by atoms with van der Waals surface area (Å²) in [7, 11) is -3.96. The molecule has 2 nitrogen and oxygen atoms in total. The first kappa shape index (κ1) is 16.8. The zero-order valence-electron chi connectivity index (χ0n) is 10.7. The topological polar surface area (TPSA) is 21.3 Å². The second-order valence-corrected chi connectivity index (χ2v) is 9.30. The molecule has 1 heterocycles. The van der Waals surface area contributed by atoms with Crippen molar-refractivity contribution in [3.8, 4) is 0 Å².